The number of thiazole rings is 1. The summed E-state index contributed by atoms with van der Waals surface area (Å²) < 4.78 is 1.94. The summed E-state index contributed by atoms with van der Waals surface area (Å²) in [5, 5.41) is 10.8. The van der Waals surface area contributed by atoms with E-state index < -0.39 is 4.92 Å². The zero-order valence-electron chi connectivity index (χ0n) is 12.9. The van der Waals surface area contributed by atoms with Crippen molar-refractivity contribution in [2.45, 2.75) is 13.0 Å². The van der Waals surface area contributed by atoms with Crippen LogP contribution < -0.4 is 0 Å². The van der Waals surface area contributed by atoms with Crippen molar-refractivity contribution in [2.75, 3.05) is 13.6 Å². The van der Waals surface area contributed by atoms with E-state index in [2.05, 4.69) is 16.9 Å². The summed E-state index contributed by atoms with van der Waals surface area (Å²) in [5.41, 5.74) is 2.97. The number of aromatic nitrogens is 2. The Morgan fingerprint density at radius 3 is 2.75 bits per heavy atom. The molecule has 0 spiro atoms. The fourth-order valence-corrected chi connectivity index (χ4v) is 4.35. The molecule has 4 rings (SSSR count). The van der Waals surface area contributed by atoms with Crippen LogP contribution in [0.2, 0.25) is 0 Å². The lowest BCUT2D eigenvalue weighted by molar-refractivity contribution is -0.384. The number of nitrogens with zero attached hydrogens (tertiary/aromatic N) is 4. The second-order valence-corrected chi connectivity index (χ2v) is 6.91. The molecule has 0 saturated heterocycles. The van der Waals surface area contributed by atoms with Crippen LogP contribution in [-0.4, -0.2) is 39.1 Å². The molecular weight excluding hydrogens is 328 g/mol. The van der Waals surface area contributed by atoms with Gasteiger partial charge in [-0.25, -0.2) is 4.98 Å². The van der Waals surface area contributed by atoms with Crippen molar-refractivity contribution in [3.63, 3.8) is 0 Å². The highest BCUT2D eigenvalue weighted by Gasteiger charge is 2.24. The number of hydrogen-bond donors (Lipinski definition) is 0. The number of rotatable bonds is 3. The average molecular weight is 342 g/mol. The molecule has 0 aliphatic carbocycles. The molecule has 1 aliphatic heterocycles. The van der Waals surface area contributed by atoms with Crippen LogP contribution in [0.4, 0.5) is 5.69 Å². The van der Waals surface area contributed by atoms with Gasteiger partial charge in [0.1, 0.15) is 11.4 Å². The van der Waals surface area contributed by atoms with E-state index in [1.54, 1.807) is 23.5 Å². The average Bonchev–Trinajstić information content (AvgIpc) is 3.09. The van der Waals surface area contributed by atoms with Crippen LogP contribution in [-0.2, 0) is 13.0 Å². The standard InChI is InChI=1S/C16H14N4O3S/c1-18-7-6-12-14(8-18)24-16-17-15(13(9-21)19(12)16)10-2-4-11(5-3-10)20(22)23/h2-5,9H,6-8H2,1H3. The van der Waals surface area contributed by atoms with Crippen molar-refractivity contribution >= 4 is 28.3 Å². The Morgan fingerprint density at radius 2 is 2.08 bits per heavy atom. The molecule has 1 aliphatic rings. The molecular formula is C16H14N4O3S. The number of nitro benzene ring substituents is 1. The smallest absolute Gasteiger partial charge is 0.269 e. The van der Waals surface area contributed by atoms with Crippen LogP contribution >= 0.6 is 11.3 Å². The summed E-state index contributed by atoms with van der Waals surface area (Å²) in [7, 11) is 2.08. The van der Waals surface area contributed by atoms with Gasteiger partial charge in [0.2, 0.25) is 0 Å². The molecule has 3 heterocycles. The Hall–Kier alpha value is -2.58. The molecule has 0 atom stereocenters. The first kappa shape index (κ1) is 15.0. The molecule has 1 aromatic carbocycles. The van der Waals surface area contributed by atoms with Gasteiger partial charge in [-0.15, -0.1) is 0 Å². The van der Waals surface area contributed by atoms with Crippen LogP contribution in [0.15, 0.2) is 24.3 Å². The topological polar surface area (TPSA) is 80.8 Å². The molecule has 0 bridgehead atoms. The van der Waals surface area contributed by atoms with E-state index in [-0.39, 0.29) is 5.69 Å². The number of aldehydes is 1. The fourth-order valence-electron chi connectivity index (χ4n) is 3.09. The number of likely N-dealkylation sites (N-methyl/N-ethyl adjacent to an activating group) is 1. The van der Waals surface area contributed by atoms with Gasteiger partial charge in [0.25, 0.3) is 5.69 Å². The summed E-state index contributed by atoms with van der Waals surface area (Å²) in [6, 6.07) is 6.14. The molecule has 2 aromatic heterocycles. The van der Waals surface area contributed by atoms with Crippen molar-refractivity contribution in [1.29, 1.82) is 0 Å². The summed E-state index contributed by atoms with van der Waals surface area (Å²) >= 11 is 1.60. The third-order valence-corrected chi connectivity index (χ3v) is 5.36. The van der Waals surface area contributed by atoms with Gasteiger partial charge in [0.05, 0.1) is 4.92 Å². The van der Waals surface area contributed by atoms with Crippen molar-refractivity contribution in [3.05, 3.63) is 50.6 Å². The van der Waals surface area contributed by atoms with Gasteiger partial charge in [-0.3, -0.25) is 19.3 Å². The van der Waals surface area contributed by atoms with Gasteiger partial charge >= 0.3 is 0 Å². The van der Waals surface area contributed by atoms with Crippen LogP contribution in [0.25, 0.3) is 16.2 Å². The van der Waals surface area contributed by atoms with E-state index in [1.807, 2.05) is 4.40 Å². The highest BCUT2D eigenvalue weighted by atomic mass is 32.1. The SMILES string of the molecule is CN1CCc2c(sc3nc(-c4ccc([N+](=O)[O-])cc4)c(C=O)n23)C1. The minimum absolute atomic E-state index is 0.0211. The summed E-state index contributed by atoms with van der Waals surface area (Å²) in [4.78, 5) is 31.0. The van der Waals surface area contributed by atoms with Gasteiger partial charge in [-0.05, 0) is 19.2 Å². The van der Waals surface area contributed by atoms with Crippen molar-refractivity contribution in [1.82, 2.24) is 14.3 Å². The van der Waals surface area contributed by atoms with Gasteiger partial charge in [-0.1, -0.05) is 11.3 Å². The summed E-state index contributed by atoms with van der Waals surface area (Å²) in [6.45, 7) is 1.82. The highest BCUT2D eigenvalue weighted by molar-refractivity contribution is 7.17. The number of non-ortho nitro benzene ring substituents is 1. The molecule has 0 radical (unpaired) electrons. The zero-order chi connectivity index (χ0) is 16.8. The van der Waals surface area contributed by atoms with Crippen molar-refractivity contribution in [2.24, 2.45) is 0 Å². The summed E-state index contributed by atoms with van der Waals surface area (Å²) in [5.74, 6) is 0. The zero-order valence-corrected chi connectivity index (χ0v) is 13.7. The third-order valence-electron chi connectivity index (χ3n) is 4.30. The van der Waals surface area contributed by atoms with E-state index >= 15 is 0 Å². The molecule has 8 heteroatoms. The Labute approximate surface area is 141 Å². The quantitative estimate of drug-likeness (QED) is 0.415. The predicted octanol–water partition coefficient (Wildman–Crippen LogP) is 2.77. The molecule has 122 valence electrons. The van der Waals surface area contributed by atoms with Gasteiger partial charge in [0, 0.05) is 47.8 Å². The number of hydrogen-bond acceptors (Lipinski definition) is 6. The molecule has 24 heavy (non-hydrogen) atoms. The molecule has 0 fully saturated rings. The van der Waals surface area contributed by atoms with Crippen molar-refractivity contribution in [3.8, 4) is 11.3 Å². The highest BCUT2D eigenvalue weighted by Crippen LogP contribution is 2.33. The lowest BCUT2D eigenvalue weighted by atomic mass is 10.1. The van der Waals surface area contributed by atoms with Gasteiger partial charge in [0.15, 0.2) is 11.2 Å². The fraction of sp³-hybridized carbons (Fsp3) is 0.250. The van der Waals surface area contributed by atoms with E-state index in [4.69, 9.17) is 0 Å². The Kier molecular flexibility index (Phi) is 3.43. The maximum absolute atomic E-state index is 11.7. The van der Waals surface area contributed by atoms with Crippen LogP contribution in [0.1, 0.15) is 21.1 Å². The minimum Gasteiger partial charge on any atom is -0.301 e. The second-order valence-electron chi connectivity index (χ2n) is 5.85. The number of carbonyl (C=O) groups is 1. The van der Waals surface area contributed by atoms with Gasteiger partial charge < -0.3 is 4.90 Å². The largest absolute Gasteiger partial charge is 0.301 e. The normalized spacial score (nSPS) is 14.7. The van der Waals surface area contributed by atoms with Crippen LogP contribution in [0.5, 0.6) is 0 Å². The monoisotopic (exact) mass is 342 g/mol. The third kappa shape index (κ3) is 2.22. The predicted molar refractivity (Wildman–Crippen MR) is 90.6 cm³/mol. The number of fused-ring (bicyclic) bond motifs is 3. The van der Waals surface area contributed by atoms with E-state index in [0.29, 0.717) is 17.0 Å². The van der Waals surface area contributed by atoms with Crippen LogP contribution in [0, 0.1) is 10.1 Å². The maximum atomic E-state index is 11.7. The molecule has 3 aromatic rings. The first-order valence-electron chi connectivity index (χ1n) is 7.50. The number of nitro groups is 1. The minimum atomic E-state index is -0.441. The molecule has 0 amide bonds. The first-order valence-corrected chi connectivity index (χ1v) is 8.31. The Bertz CT molecular complexity index is 958. The lowest BCUT2D eigenvalue weighted by Gasteiger charge is -2.21. The molecule has 0 unspecified atom stereocenters. The number of imidazole rings is 1. The van der Waals surface area contributed by atoms with E-state index in [1.165, 1.54) is 17.0 Å². The van der Waals surface area contributed by atoms with Crippen molar-refractivity contribution < 1.29 is 9.72 Å². The molecule has 7 nitrogen and oxygen atoms in total. The molecule has 0 saturated carbocycles. The van der Waals surface area contributed by atoms with Crippen LogP contribution in [0.3, 0.4) is 0 Å². The number of benzene rings is 1. The number of carbonyl (C=O) groups excluding carboxylic acids is 1. The van der Waals surface area contributed by atoms with Gasteiger partial charge in [-0.2, -0.15) is 0 Å². The molecule has 0 N–H and O–H groups in total. The maximum Gasteiger partial charge on any atom is 0.269 e. The first-order chi connectivity index (χ1) is 11.6. The second kappa shape index (κ2) is 5.50. The Balaban J connectivity index is 1.86. The van der Waals surface area contributed by atoms with E-state index in [0.717, 1.165) is 36.5 Å². The van der Waals surface area contributed by atoms with E-state index in [9.17, 15) is 14.9 Å². The Morgan fingerprint density at radius 1 is 1.33 bits per heavy atom. The lowest BCUT2D eigenvalue weighted by Crippen LogP contribution is -2.26. The summed E-state index contributed by atoms with van der Waals surface area (Å²) in [6.07, 6.45) is 1.70.